The molecule has 0 bridgehead atoms. The molecule has 19 heavy (non-hydrogen) atoms. The lowest BCUT2D eigenvalue weighted by Crippen LogP contribution is -2.29. The van der Waals surface area contributed by atoms with Gasteiger partial charge in [-0.05, 0) is 38.3 Å². The quantitative estimate of drug-likeness (QED) is 0.693. The topological polar surface area (TPSA) is 71.0 Å². The van der Waals surface area contributed by atoms with E-state index in [0.717, 1.165) is 32.0 Å². The van der Waals surface area contributed by atoms with Crippen LogP contribution in [0.15, 0.2) is 12.3 Å². The molecule has 6 heteroatoms. The average Bonchev–Trinajstić information content (AvgIpc) is 2.91. The number of carbonyl (C=O) groups excluding carboxylic acids is 1. The van der Waals surface area contributed by atoms with Crippen molar-refractivity contribution in [2.45, 2.75) is 25.3 Å². The normalized spacial score (nSPS) is 22.6. The summed E-state index contributed by atoms with van der Waals surface area (Å²) < 4.78 is 1.94. The molecule has 0 aromatic carbocycles. The maximum atomic E-state index is 11.7. The van der Waals surface area contributed by atoms with E-state index in [9.17, 15) is 4.79 Å². The highest BCUT2D eigenvalue weighted by Gasteiger charge is 2.21. The third kappa shape index (κ3) is 3.54. The van der Waals surface area contributed by atoms with Crippen molar-refractivity contribution in [1.82, 2.24) is 20.4 Å². The van der Waals surface area contributed by atoms with E-state index < -0.39 is 0 Å². The van der Waals surface area contributed by atoms with E-state index in [1.165, 1.54) is 12.8 Å². The first kappa shape index (κ1) is 12.6. The molecule has 1 amide bonds. The molecule has 1 aromatic heterocycles. The Bertz CT molecular complexity index is 434. The van der Waals surface area contributed by atoms with E-state index in [4.69, 9.17) is 0 Å². The SMILES string of the molecule is O=C(CNCC1CC1)Nc1ccn(C2CCNC2)n1. The second-order valence-corrected chi connectivity index (χ2v) is 5.45. The van der Waals surface area contributed by atoms with E-state index >= 15 is 0 Å². The fourth-order valence-electron chi connectivity index (χ4n) is 2.37. The predicted molar refractivity (Wildman–Crippen MR) is 73.0 cm³/mol. The largest absolute Gasteiger partial charge is 0.315 e. The molecule has 6 nitrogen and oxygen atoms in total. The minimum absolute atomic E-state index is 0.0181. The van der Waals surface area contributed by atoms with Crippen LogP contribution in [0.4, 0.5) is 5.82 Å². The summed E-state index contributed by atoms with van der Waals surface area (Å²) >= 11 is 0. The summed E-state index contributed by atoms with van der Waals surface area (Å²) in [5.41, 5.74) is 0. The smallest absolute Gasteiger partial charge is 0.239 e. The van der Waals surface area contributed by atoms with Crippen LogP contribution >= 0.6 is 0 Å². The highest BCUT2D eigenvalue weighted by Crippen LogP contribution is 2.27. The van der Waals surface area contributed by atoms with Crippen LogP contribution in [-0.4, -0.2) is 41.9 Å². The van der Waals surface area contributed by atoms with Crippen LogP contribution in [0.5, 0.6) is 0 Å². The summed E-state index contributed by atoms with van der Waals surface area (Å²) in [5.74, 6) is 1.42. The van der Waals surface area contributed by atoms with Crippen molar-refractivity contribution < 1.29 is 4.79 Å². The lowest BCUT2D eigenvalue weighted by Gasteiger charge is -2.08. The number of hydrogen-bond donors (Lipinski definition) is 3. The van der Waals surface area contributed by atoms with Crippen molar-refractivity contribution in [3.63, 3.8) is 0 Å². The molecule has 1 aliphatic carbocycles. The molecule has 104 valence electrons. The number of anilines is 1. The standard InChI is InChI=1S/C13H21N5O/c19-13(9-15-7-10-1-2-10)16-12-4-6-18(17-12)11-3-5-14-8-11/h4,6,10-11,14-15H,1-3,5,7-9H2,(H,16,17,19). The molecule has 1 saturated heterocycles. The summed E-state index contributed by atoms with van der Waals surface area (Å²) in [7, 11) is 0. The maximum absolute atomic E-state index is 11.7. The molecule has 2 fully saturated rings. The zero-order chi connectivity index (χ0) is 13.1. The van der Waals surface area contributed by atoms with Crippen LogP contribution in [0.2, 0.25) is 0 Å². The Kier molecular flexibility index (Phi) is 3.79. The third-order valence-corrected chi connectivity index (χ3v) is 3.70. The van der Waals surface area contributed by atoms with Crippen LogP contribution in [0.25, 0.3) is 0 Å². The van der Waals surface area contributed by atoms with Gasteiger partial charge in [0.1, 0.15) is 0 Å². The molecule has 1 atom stereocenters. The third-order valence-electron chi connectivity index (χ3n) is 3.70. The van der Waals surface area contributed by atoms with Gasteiger partial charge >= 0.3 is 0 Å². The molecular formula is C13H21N5O. The number of aromatic nitrogens is 2. The Labute approximate surface area is 112 Å². The van der Waals surface area contributed by atoms with Crippen LogP contribution in [0, 0.1) is 5.92 Å². The first-order chi connectivity index (χ1) is 9.31. The number of amides is 1. The van der Waals surface area contributed by atoms with Crippen molar-refractivity contribution in [3.05, 3.63) is 12.3 Å². The molecule has 1 saturated carbocycles. The van der Waals surface area contributed by atoms with Crippen molar-refractivity contribution in [2.24, 2.45) is 5.92 Å². The lowest BCUT2D eigenvalue weighted by molar-refractivity contribution is -0.115. The lowest BCUT2D eigenvalue weighted by atomic mass is 10.3. The van der Waals surface area contributed by atoms with Gasteiger partial charge in [-0.15, -0.1) is 0 Å². The van der Waals surface area contributed by atoms with Gasteiger partial charge in [0.15, 0.2) is 5.82 Å². The Morgan fingerprint density at radius 3 is 3.11 bits per heavy atom. The minimum atomic E-state index is -0.0181. The first-order valence-electron chi connectivity index (χ1n) is 7.08. The van der Waals surface area contributed by atoms with Crippen molar-refractivity contribution >= 4 is 11.7 Å². The van der Waals surface area contributed by atoms with Gasteiger partial charge in [0, 0.05) is 18.8 Å². The molecule has 1 unspecified atom stereocenters. The van der Waals surface area contributed by atoms with Crippen molar-refractivity contribution in [2.75, 3.05) is 31.5 Å². The molecular weight excluding hydrogens is 242 g/mol. The molecule has 0 radical (unpaired) electrons. The summed E-state index contributed by atoms with van der Waals surface area (Å²) in [6.45, 7) is 3.32. The van der Waals surface area contributed by atoms with E-state index in [2.05, 4.69) is 21.0 Å². The van der Waals surface area contributed by atoms with Crippen LogP contribution < -0.4 is 16.0 Å². The zero-order valence-corrected chi connectivity index (χ0v) is 11.1. The van der Waals surface area contributed by atoms with E-state index in [1.54, 1.807) is 0 Å². The Morgan fingerprint density at radius 2 is 2.37 bits per heavy atom. The minimum Gasteiger partial charge on any atom is -0.315 e. The monoisotopic (exact) mass is 263 g/mol. The number of hydrogen-bond acceptors (Lipinski definition) is 4. The van der Waals surface area contributed by atoms with Crippen LogP contribution in [0.3, 0.4) is 0 Å². The van der Waals surface area contributed by atoms with E-state index in [0.29, 0.717) is 18.4 Å². The summed E-state index contributed by atoms with van der Waals surface area (Å²) in [5, 5.41) is 13.7. The number of nitrogens with zero attached hydrogens (tertiary/aromatic N) is 2. The molecule has 3 rings (SSSR count). The van der Waals surface area contributed by atoms with Gasteiger partial charge in [-0.3, -0.25) is 9.48 Å². The number of nitrogens with one attached hydrogen (secondary N) is 3. The molecule has 2 aliphatic rings. The van der Waals surface area contributed by atoms with Gasteiger partial charge in [0.25, 0.3) is 0 Å². The van der Waals surface area contributed by atoms with Gasteiger partial charge < -0.3 is 16.0 Å². The maximum Gasteiger partial charge on any atom is 0.239 e. The highest BCUT2D eigenvalue weighted by atomic mass is 16.2. The Morgan fingerprint density at radius 1 is 1.47 bits per heavy atom. The van der Waals surface area contributed by atoms with Crippen LogP contribution in [-0.2, 0) is 4.79 Å². The number of carbonyl (C=O) groups is 1. The second-order valence-electron chi connectivity index (χ2n) is 5.45. The molecule has 2 heterocycles. The van der Waals surface area contributed by atoms with Gasteiger partial charge in [0.2, 0.25) is 5.91 Å². The summed E-state index contributed by atoms with van der Waals surface area (Å²) in [4.78, 5) is 11.7. The van der Waals surface area contributed by atoms with Crippen molar-refractivity contribution in [3.8, 4) is 0 Å². The van der Waals surface area contributed by atoms with Gasteiger partial charge in [-0.1, -0.05) is 0 Å². The number of rotatable bonds is 6. The Balaban J connectivity index is 1.44. The fraction of sp³-hybridized carbons (Fsp3) is 0.692. The molecule has 3 N–H and O–H groups in total. The van der Waals surface area contributed by atoms with Crippen molar-refractivity contribution in [1.29, 1.82) is 0 Å². The van der Waals surface area contributed by atoms with E-state index in [-0.39, 0.29) is 5.91 Å². The van der Waals surface area contributed by atoms with Gasteiger partial charge in [-0.2, -0.15) is 5.10 Å². The predicted octanol–water partition coefficient (Wildman–Crippen LogP) is 0.356. The fourth-order valence-corrected chi connectivity index (χ4v) is 2.37. The zero-order valence-electron chi connectivity index (χ0n) is 11.1. The molecule has 1 aliphatic heterocycles. The second kappa shape index (κ2) is 5.71. The summed E-state index contributed by atoms with van der Waals surface area (Å²) in [6, 6.07) is 2.27. The van der Waals surface area contributed by atoms with Crippen LogP contribution in [0.1, 0.15) is 25.3 Å². The van der Waals surface area contributed by atoms with Gasteiger partial charge in [-0.25, -0.2) is 0 Å². The molecule has 0 spiro atoms. The molecule has 1 aromatic rings. The van der Waals surface area contributed by atoms with E-state index in [1.807, 2.05) is 16.9 Å². The van der Waals surface area contributed by atoms with Gasteiger partial charge in [0.05, 0.1) is 12.6 Å². The average molecular weight is 263 g/mol. The highest BCUT2D eigenvalue weighted by molar-refractivity contribution is 5.91. The summed E-state index contributed by atoms with van der Waals surface area (Å²) in [6.07, 6.45) is 5.63. The first-order valence-corrected chi connectivity index (χ1v) is 7.08. The Hall–Kier alpha value is -1.40.